The van der Waals surface area contributed by atoms with Crippen molar-refractivity contribution in [3.05, 3.63) is 54.1 Å². The summed E-state index contributed by atoms with van der Waals surface area (Å²) in [5.74, 6) is 0.0532. The van der Waals surface area contributed by atoms with Crippen molar-refractivity contribution in [3.8, 4) is 0 Å². The van der Waals surface area contributed by atoms with E-state index in [4.69, 9.17) is 0 Å². The normalized spacial score (nSPS) is 15.2. The molecular weight excluding hydrogens is 409 g/mol. The van der Waals surface area contributed by atoms with E-state index in [1.54, 1.807) is 11.1 Å². The highest BCUT2D eigenvalue weighted by atomic mass is 19.4. The fourth-order valence-corrected chi connectivity index (χ4v) is 3.69. The number of carbonyl (C=O) groups is 1. The highest BCUT2D eigenvalue weighted by Crippen LogP contribution is 2.29. The number of halogens is 3. The molecule has 1 aliphatic heterocycles. The molecule has 4 rings (SSSR count). The van der Waals surface area contributed by atoms with Crippen LogP contribution >= 0.6 is 0 Å². The minimum atomic E-state index is -4.51. The monoisotopic (exact) mass is 430 g/mol. The number of nitrogens with zero attached hydrogens (tertiary/aromatic N) is 4. The van der Waals surface area contributed by atoms with Gasteiger partial charge in [-0.05, 0) is 38.0 Å². The van der Waals surface area contributed by atoms with E-state index in [1.165, 1.54) is 0 Å². The third-order valence-electron chi connectivity index (χ3n) is 5.30. The summed E-state index contributed by atoms with van der Waals surface area (Å²) in [5.41, 5.74) is 0.610. The first kappa shape index (κ1) is 20.8. The van der Waals surface area contributed by atoms with Crippen LogP contribution in [-0.4, -0.2) is 40.1 Å². The molecule has 10 heteroatoms. The van der Waals surface area contributed by atoms with Gasteiger partial charge in [0, 0.05) is 48.0 Å². The standard InChI is InChI=1S/C21H21F3N6O/c1-13-15-3-2-4-17(16(15)5-9-25-13)28-20(31)27-14-7-11-30(12-8-14)19-26-10-6-18(29-19)21(22,23)24/h2-6,9-10,14H,7-8,11-12H2,1H3,(H2,27,28,31). The number of benzene rings is 1. The van der Waals surface area contributed by atoms with Crippen LogP contribution < -0.4 is 15.5 Å². The summed E-state index contributed by atoms with van der Waals surface area (Å²) in [6.45, 7) is 2.81. The van der Waals surface area contributed by atoms with Crippen LogP contribution in [0.15, 0.2) is 42.7 Å². The average molecular weight is 430 g/mol. The number of rotatable bonds is 3. The molecule has 3 heterocycles. The smallest absolute Gasteiger partial charge is 0.341 e. The molecule has 31 heavy (non-hydrogen) atoms. The van der Waals surface area contributed by atoms with Crippen molar-refractivity contribution >= 4 is 28.4 Å². The number of urea groups is 1. The Morgan fingerprint density at radius 2 is 1.81 bits per heavy atom. The number of hydrogen-bond donors (Lipinski definition) is 2. The Kier molecular flexibility index (Phi) is 5.62. The Balaban J connectivity index is 1.36. The van der Waals surface area contributed by atoms with Crippen molar-refractivity contribution in [2.24, 2.45) is 0 Å². The van der Waals surface area contributed by atoms with Crippen LogP contribution in [0.1, 0.15) is 24.2 Å². The zero-order valence-electron chi connectivity index (χ0n) is 16.8. The molecule has 1 aromatic carbocycles. The molecule has 162 valence electrons. The Morgan fingerprint density at radius 3 is 2.55 bits per heavy atom. The molecule has 0 atom stereocenters. The van der Waals surface area contributed by atoms with Gasteiger partial charge in [-0.3, -0.25) is 4.98 Å². The van der Waals surface area contributed by atoms with E-state index >= 15 is 0 Å². The van der Waals surface area contributed by atoms with Gasteiger partial charge >= 0.3 is 12.2 Å². The van der Waals surface area contributed by atoms with Crippen LogP contribution in [-0.2, 0) is 6.18 Å². The molecule has 2 aromatic heterocycles. The summed E-state index contributed by atoms with van der Waals surface area (Å²) in [4.78, 5) is 26.1. The first-order chi connectivity index (χ1) is 14.8. The Hall–Kier alpha value is -3.43. The topological polar surface area (TPSA) is 83.0 Å². The minimum absolute atomic E-state index is 0.0532. The molecule has 0 aliphatic carbocycles. The summed E-state index contributed by atoms with van der Waals surface area (Å²) in [5, 5.41) is 7.70. The van der Waals surface area contributed by atoms with Crippen molar-refractivity contribution < 1.29 is 18.0 Å². The fourth-order valence-electron chi connectivity index (χ4n) is 3.69. The molecule has 0 spiro atoms. The Labute approximate surface area is 176 Å². The van der Waals surface area contributed by atoms with Gasteiger partial charge in [0.15, 0.2) is 0 Å². The highest BCUT2D eigenvalue weighted by Gasteiger charge is 2.33. The fraction of sp³-hybridized carbons (Fsp3) is 0.333. The number of hydrogen-bond acceptors (Lipinski definition) is 5. The lowest BCUT2D eigenvalue weighted by atomic mass is 10.1. The van der Waals surface area contributed by atoms with Gasteiger partial charge < -0.3 is 15.5 Å². The third-order valence-corrected chi connectivity index (χ3v) is 5.30. The number of carbonyl (C=O) groups excluding carboxylic acids is 1. The molecule has 1 aliphatic rings. The van der Waals surface area contributed by atoms with Crippen molar-refractivity contribution in [2.75, 3.05) is 23.3 Å². The molecule has 2 N–H and O–H groups in total. The number of aryl methyl sites for hydroxylation is 1. The second kappa shape index (κ2) is 8.37. The second-order valence-electron chi connectivity index (χ2n) is 7.40. The number of aromatic nitrogens is 3. The van der Waals surface area contributed by atoms with Crippen LogP contribution in [0.5, 0.6) is 0 Å². The van der Waals surface area contributed by atoms with Crippen LogP contribution in [0.4, 0.5) is 29.6 Å². The molecule has 3 aromatic rings. The lowest BCUT2D eigenvalue weighted by Gasteiger charge is -2.32. The van der Waals surface area contributed by atoms with Gasteiger partial charge in [-0.2, -0.15) is 13.2 Å². The highest BCUT2D eigenvalue weighted by molar-refractivity contribution is 6.02. The van der Waals surface area contributed by atoms with Gasteiger partial charge in [0.05, 0.1) is 5.69 Å². The number of piperidine rings is 1. The summed E-state index contributed by atoms with van der Waals surface area (Å²) < 4.78 is 38.6. The molecule has 1 fully saturated rings. The van der Waals surface area contributed by atoms with Gasteiger partial charge in [0.1, 0.15) is 5.69 Å². The van der Waals surface area contributed by atoms with E-state index in [2.05, 4.69) is 25.6 Å². The van der Waals surface area contributed by atoms with Gasteiger partial charge in [-0.1, -0.05) is 12.1 Å². The lowest BCUT2D eigenvalue weighted by Crippen LogP contribution is -2.46. The van der Waals surface area contributed by atoms with E-state index in [0.29, 0.717) is 31.6 Å². The van der Waals surface area contributed by atoms with Crippen LogP contribution in [0.3, 0.4) is 0 Å². The number of alkyl halides is 3. The Bertz CT molecular complexity index is 1100. The predicted octanol–water partition coefficient (Wildman–Crippen LogP) is 4.14. The summed E-state index contributed by atoms with van der Waals surface area (Å²) >= 11 is 0. The third kappa shape index (κ3) is 4.68. The molecule has 0 saturated carbocycles. The molecular formula is C21H21F3N6O. The zero-order chi connectivity index (χ0) is 22.0. The van der Waals surface area contributed by atoms with Crippen molar-refractivity contribution in [1.82, 2.24) is 20.3 Å². The molecule has 0 bridgehead atoms. The largest absolute Gasteiger partial charge is 0.433 e. The maximum atomic E-state index is 12.9. The maximum absolute atomic E-state index is 12.9. The summed E-state index contributed by atoms with van der Waals surface area (Å²) in [7, 11) is 0. The van der Waals surface area contributed by atoms with Crippen molar-refractivity contribution in [1.29, 1.82) is 0 Å². The maximum Gasteiger partial charge on any atom is 0.433 e. The van der Waals surface area contributed by atoms with E-state index in [0.717, 1.165) is 28.7 Å². The van der Waals surface area contributed by atoms with Crippen LogP contribution in [0.25, 0.3) is 10.8 Å². The number of fused-ring (bicyclic) bond motifs is 1. The molecule has 2 amide bonds. The van der Waals surface area contributed by atoms with E-state index < -0.39 is 11.9 Å². The second-order valence-corrected chi connectivity index (χ2v) is 7.40. The minimum Gasteiger partial charge on any atom is -0.341 e. The number of anilines is 2. The van der Waals surface area contributed by atoms with E-state index in [9.17, 15) is 18.0 Å². The first-order valence-corrected chi connectivity index (χ1v) is 9.88. The quantitative estimate of drug-likeness (QED) is 0.653. The predicted molar refractivity (Wildman–Crippen MR) is 111 cm³/mol. The Morgan fingerprint density at radius 1 is 1.06 bits per heavy atom. The molecule has 0 unspecified atom stereocenters. The van der Waals surface area contributed by atoms with E-state index in [1.807, 2.05) is 31.2 Å². The number of amides is 2. The van der Waals surface area contributed by atoms with E-state index in [-0.39, 0.29) is 18.0 Å². The molecule has 7 nitrogen and oxygen atoms in total. The van der Waals surface area contributed by atoms with Crippen molar-refractivity contribution in [3.63, 3.8) is 0 Å². The molecule has 0 radical (unpaired) electrons. The number of nitrogens with one attached hydrogen (secondary N) is 2. The average Bonchev–Trinajstić information content (AvgIpc) is 2.74. The molecule has 1 saturated heterocycles. The SMILES string of the molecule is Cc1nccc2c(NC(=O)NC3CCN(c4nccc(C(F)(F)F)n4)CC3)cccc12. The summed E-state index contributed by atoms with van der Waals surface area (Å²) in [6.07, 6.45) is -0.542. The van der Waals surface area contributed by atoms with Crippen LogP contribution in [0.2, 0.25) is 0 Å². The van der Waals surface area contributed by atoms with Crippen molar-refractivity contribution in [2.45, 2.75) is 32.0 Å². The lowest BCUT2D eigenvalue weighted by molar-refractivity contribution is -0.141. The van der Waals surface area contributed by atoms with Gasteiger partial charge in [0.2, 0.25) is 5.95 Å². The first-order valence-electron chi connectivity index (χ1n) is 9.88. The van der Waals surface area contributed by atoms with Gasteiger partial charge in [-0.25, -0.2) is 14.8 Å². The zero-order valence-corrected chi connectivity index (χ0v) is 16.8. The van der Waals surface area contributed by atoms with Crippen LogP contribution in [0, 0.1) is 6.92 Å². The van der Waals surface area contributed by atoms with Gasteiger partial charge in [-0.15, -0.1) is 0 Å². The number of pyridine rings is 1. The summed E-state index contributed by atoms with van der Waals surface area (Å²) in [6, 6.07) is 7.93. The van der Waals surface area contributed by atoms with Gasteiger partial charge in [0.25, 0.3) is 0 Å².